The van der Waals surface area contributed by atoms with E-state index in [0.717, 1.165) is 19.6 Å². The lowest BCUT2D eigenvalue weighted by Gasteiger charge is -2.01. The second-order valence-corrected chi connectivity index (χ2v) is 3.63. The molecule has 0 heterocycles. The maximum Gasteiger partial charge on any atom is 0.0465 e. The molecule has 0 fully saturated rings. The predicted molar refractivity (Wildman–Crippen MR) is 62.3 cm³/mol. The van der Waals surface area contributed by atoms with Gasteiger partial charge in [0.2, 0.25) is 0 Å². The molecule has 0 amide bonds. The molecule has 0 saturated carbocycles. The molecular formula is C13H24O. The van der Waals surface area contributed by atoms with E-state index in [2.05, 4.69) is 5.92 Å². The SMILES string of the molecule is C#CCCCCCCCCCOCC. The van der Waals surface area contributed by atoms with Crippen LogP contribution >= 0.6 is 0 Å². The van der Waals surface area contributed by atoms with Crippen LogP contribution in [-0.4, -0.2) is 13.2 Å². The maximum atomic E-state index is 5.27. The van der Waals surface area contributed by atoms with Gasteiger partial charge in [0.15, 0.2) is 0 Å². The fourth-order valence-electron chi connectivity index (χ4n) is 1.46. The van der Waals surface area contributed by atoms with Crippen molar-refractivity contribution in [3.05, 3.63) is 0 Å². The second-order valence-electron chi connectivity index (χ2n) is 3.63. The molecule has 1 heteroatoms. The molecular weight excluding hydrogens is 172 g/mol. The number of hydrogen-bond donors (Lipinski definition) is 0. The van der Waals surface area contributed by atoms with Gasteiger partial charge in [-0.3, -0.25) is 0 Å². The van der Waals surface area contributed by atoms with E-state index >= 15 is 0 Å². The largest absolute Gasteiger partial charge is 0.382 e. The van der Waals surface area contributed by atoms with Gasteiger partial charge in [0.1, 0.15) is 0 Å². The van der Waals surface area contributed by atoms with E-state index in [-0.39, 0.29) is 0 Å². The molecule has 0 N–H and O–H groups in total. The molecule has 0 aromatic carbocycles. The van der Waals surface area contributed by atoms with Crippen LogP contribution < -0.4 is 0 Å². The average molecular weight is 196 g/mol. The highest BCUT2D eigenvalue weighted by Gasteiger charge is 1.91. The zero-order chi connectivity index (χ0) is 10.5. The van der Waals surface area contributed by atoms with Crippen molar-refractivity contribution in [3.8, 4) is 12.3 Å². The molecule has 0 atom stereocenters. The third-order valence-electron chi connectivity index (χ3n) is 2.31. The van der Waals surface area contributed by atoms with Crippen molar-refractivity contribution < 1.29 is 4.74 Å². The van der Waals surface area contributed by atoms with Gasteiger partial charge in [-0.25, -0.2) is 0 Å². The maximum absolute atomic E-state index is 5.27. The smallest absolute Gasteiger partial charge is 0.0465 e. The van der Waals surface area contributed by atoms with E-state index in [4.69, 9.17) is 11.2 Å². The van der Waals surface area contributed by atoms with Crippen LogP contribution in [0, 0.1) is 12.3 Å². The standard InChI is InChI=1S/C13H24O/c1-3-5-6-7-8-9-10-11-12-13-14-4-2/h1H,4-13H2,2H3. The van der Waals surface area contributed by atoms with Gasteiger partial charge in [-0.1, -0.05) is 32.1 Å². The van der Waals surface area contributed by atoms with Crippen LogP contribution in [0.3, 0.4) is 0 Å². The summed E-state index contributed by atoms with van der Waals surface area (Å²) in [6.45, 7) is 3.84. The summed E-state index contributed by atoms with van der Waals surface area (Å²) in [6, 6.07) is 0. The zero-order valence-corrected chi connectivity index (χ0v) is 9.56. The molecule has 1 nitrogen and oxygen atoms in total. The first-order valence-corrected chi connectivity index (χ1v) is 5.93. The quantitative estimate of drug-likeness (QED) is 0.382. The van der Waals surface area contributed by atoms with Gasteiger partial charge < -0.3 is 4.74 Å². The van der Waals surface area contributed by atoms with Crippen LogP contribution in [0.5, 0.6) is 0 Å². The predicted octanol–water partition coefficient (Wildman–Crippen LogP) is 3.78. The highest BCUT2D eigenvalue weighted by molar-refractivity contribution is 4.82. The van der Waals surface area contributed by atoms with Gasteiger partial charge in [-0.15, -0.1) is 12.3 Å². The summed E-state index contributed by atoms with van der Waals surface area (Å²) in [4.78, 5) is 0. The first kappa shape index (κ1) is 13.5. The van der Waals surface area contributed by atoms with Gasteiger partial charge in [0.25, 0.3) is 0 Å². The average Bonchev–Trinajstić information content (AvgIpc) is 2.21. The summed E-state index contributed by atoms with van der Waals surface area (Å²) < 4.78 is 5.27. The second kappa shape index (κ2) is 12.5. The summed E-state index contributed by atoms with van der Waals surface area (Å²) in [5.74, 6) is 2.68. The first-order chi connectivity index (χ1) is 6.91. The molecule has 82 valence electrons. The minimum Gasteiger partial charge on any atom is -0.382 e. The van der Waals surface area contributed by atoms with Crippen LogP contribution in [0.15, 0.2) is 0 Å². The minimum absolute atomic E-state index is 0.853. The Morgan fingerprint density at radius 3 is 2.07 bits per heavy atom. The Bertz CT molecular complexity index is 135. The van der Waals surface area contributed by atoms with Gasteiger partial charge in [0, 0.05) is 19.6 Å². The van der Waals surface area contributed by atoms with Crippen molar-refractivity contribution in [2.75, 3.05) is 13.2 Å². The van der Waals surface area contributed by atoms with E-state index in [1.165, 1.54) is 44.9 Å². The number of unbranched alkanes of at least 4 members (excludes halogenated alkanes) is 7. The third kappa shape index (κ3) is 11.5. The van der Waals surface area contributed by atoms with Gasteiger partial charge >= 0.3 is 0 Å². The van der Waals surface area contributed by atoms with Crippen molar-refractivity contribution >= 4 is 0 Å². The highest BCUT2D eigenvalue weighted by Crippen LogP contribution is 2.08. The molecule has 0 aliphatic rings. The lowest BCUT2D eigenvalue weighted by atomic mass is 10.1. The lowest BCUT2D eigenvalue weighted by molar-refractivity contribution is 0.143. The normalized spacial score (nSPS) is 10.0. The molecule has 0 aromatic heterocycles. The summed E-state index contributed by atoms with van der Waals surface area (Å²) in [5.41, 5.74) is 0. The molecule has 0 aromatic rings. The molecule has 0 bridgehead atoms. The van der Waals surface area contributed by atoms with Crippen LogP contribution in [0.2, 0.25) is 0 Å². The molecule has 14 heavy (non-hydrogen) atoms. The third-order valence-corrected chi connectivity index (χ3v) is 2.31. The summed E-state index contributed by atoms with van der Waals surface area (Å²) in [5, 5.41) is 0. The number of terminal acetylenes is 1. The molecule has 0 saturated heterocycles. The molecule has 0 rings (SSSR count). The molecule has 0 aliphatic heterocycles. The summed E-state index contributed by atoms with van der Waals surface area (Å²) in [7, 11) is 0. The molecule has 0 aliphatic carbocycles. The van der Waals surface area contributed by atoms with Crippen LogP contribution in [0.4, 0.5) is 0 Å². The van der Waals surface area contributed by atoms with Crippen molar-refractivity contribution in [1.82, 2.24) is 0 Å². The lowest BCUT2D eigenvalue weighted by Crippen LogP contribution is -1.92. The molecule has 0 radical (unpaired) electrons. The Hall–Kier alpha value is -0.480. The van der Waals surface area contributed by atoms with E-state index in [0.29, 0.717) is 0 Å². The van der Waals surface area contributed by atoms with Crippen LogP contribution in [0.25, 0.3) is 0 Å². The van der Waals surface area contributed by atoms with Gasteiger partial charge in [-0.2, -0.15) is 0 Å². The number of rotatable bonds is 10. The van der Waals surface area contributed by atoms with Crippen molar-refractivity contribution in [3.63, 3.8) is 0 Å². The molecule has 0 spiro atoms. The van der Waals surface area contributed by atoms with E-state index in [9.17, 15) is 0 Å². The fourth-order valence-corrected chi connectivity index (χ4v) is 1.46. The van der Waals surface area contributed by atoms with Crippen LogP contribution in [-0.2, 0) is 4.74 Å². The monoisotopic (exact) mass is 196 g/mol. The number of hydrogen-bond acceptors (Lipinski definition) is 1. The van der Waals surface area contributed by atoms with Crippen molar-refractivity contribution in [2.45, 2.75) is 58.3 Å². The van der Waals surface area contributed by atoms with Crippen molar-refractivity contribution in [2.24, 2.45) is 0 Å². The Kier molecular flexibility index (Phi) is 12.1. The zero-order valence-electron chi connectivity index (χ0n) is 9.56. The summed E-state index contributed by atoms with van der Waals surface area (Å²) in [6.07, 6.45) is 15.2. The fraction of sp³-hybridized carbons (Fsp3) is 0.846. The minimum atomic E-state index is 0.853. The Morgan fingerprint density at radius 2 is 1.50 bits per heavy atom. The van der Waals surface area contributed by atoms with E-state index in [1.807, 2.05) is 6.92 Å². The van der Waals surface area contributed by atoms with Gasteiger partial charge in [-0.05, 0) is 19.8 Å². The van der Waals surface area contributed by atoms with Gasteiger partial charge in [0.05, 0.1) is 0 Å². The Morgan fingerprint density at radius 1 is 0.929 bits per heavy atom. The summed E-state index contributed by atoms with van der Waals surface area (Å²) >= 11 is 0. The topological polar surface area (TPSA) is 9.23 Å². The molecule has 0 unspecified atom stereocenters. The number of ether oxygens (including phenoxy) is 1. The Labute approximate surface area is 89.2 Å². The van der Waals surface area contributed by atoms with Crippen molar-refractivity contribution in [1.29, 1.82) is 0 Å². The van der Waals surface area contributed by atoms with E-state index in [1.54, 1.807) is 0 Å². The first-order valence-electron chi connectivity index (χ1n) is 5.93. The van der Waals surface area contributed by atoms with Crippen LogP contribution in [0.1, 0.15) is 58.3 Å². The Balaban J connectivity index is 2.82. The van der Waals surface area contributed by atoms with E-state index < -0.39 is 0 Å². The highest BCUT2D eigenvalue weighted by atomic mass is 16.5.